The Bertz CT molecular complexity index is 762. The second-order valence-corrected chi connectivity index (χ2v) is 10.4. The summed E-state index contributed by atoms with van der Waals surface area (Å²) >= 11 is 0. The summed E-state index contributed by atoms with van der Waals surface area (Å²) in [5.74, 6) is 0.124. The molecule has 1 atom stereocenters. The third-order valence-corrected chi connectivity index (χ3v) is 6.03. The van der Waals surface area contributed by atoms with Crippen LogP contribution in [0.3, 0.4) is 0 Å². The van der Waals surface area contributed by atoms with E-state index in [1.54, 1.807) is 36.2 Å². The minimum atomic E-state index is -0.932. The zero-order valence-electron chi connectivity index (χ0n) is 20.8. The summed E-state index contributed by atoms with van der Waals surface area (Å²) in [6.07, 6.45) is 2.38. The Morgan fingerprint density at radius 1 is 1.16 bits per heavy atom. The molecule has 1 fully saturated rings. The van der Waals surface area contributed by atoms with Gasteiger partial charge in [-0.3, -0.25) is 9.69 Å². The molecule has 2 N–H and O–H groups in total. The van der Waals surface area contributed by atoms with Crippen LogP contribution >= 0.6 is 0 Å². The first-order valence-electron chi connectivity index (χ1n) is 11.6. The van der Waals surface area contributed by atoms with E-state index in [0.29, 0.717) is 24.3 Å². The molecule has 0 spiro atoms. The average Bonchev–Trinajstić information content (AvgIpc) is 2.72. The summed E-state index contributed by atoms with van der Waals surface area (Å²) in [5.41, 5.74) is 0.523. The van der Waals surface area contributed by atoms with Crippen molar-refractivity contribution in [1.29, 1.82) is 0 Å². The third kappa shape index (κ3) is 7.29. The number of ketones is 1. The molecule has 32 heavy (non-hydrogen) atoms. The van der Waals surface area contributed by atoms with Crippen LogP contribution in [0.5, 0.6) is 0 Å². The summed E-state index contributed by atoms with van der Waals surface area (Å²) in [6.45, 7) is 13.1. The largest absolute Gasteiger partial charge is 0.356 e. The lowest BCUT2D eigenvalue weighted by molar-refractivity contribution is -0.243. The highest BCUT2D eigenvalue weighted by molar-refractivity contribution is 6.00. The van der Waals surface area contributed by atoms with Gasteiger partial charge >= 0.3 is 6.03 Å². The van der Waals surface area contributed by atoms with Crippen molar-refractivity contribution in [2.24, 2.45) is 5.41 Å². The highest BCUT2D eigenvalue weighted by atomic mass is 16.6. The van der Waals surface area contributed by atoms with Crippen molar-refractivity contribution in [3.05, 3.63) is 29.8 Å². The first-order chi connectivity index (χ1) is 14.8. The van der Waals surface area contributed by atoms with Crippen molar-refractivity contribution in [3.63, 3.8) is 0 Å². The number of nitrogens with zero attached hydrogens (tertiary/aromatic N) is 2. The van der Waals surface area contributed by atoms with Crippen molar-refractivity contribution < 1.29 is 19.4 Å². The van der Waals surface area contributed by atoms with Crippen LogP contribution in [0.1, 0.15) is 77.6 Å². The van der Waals surface area contributed by atoms with Gasteiger partial charge in [-0.1, -0.05) is 27.2 Å². The van der Waals surface area contributed by atoms with Crippen LogP contribution in [0.4, 0.5) is 10.5 Å². The van der Waals surface area contributed by atoms with Gasteiger partial charge in [0.1, 0.15) is 0 Å². The first-order valence-corrected chi connectivity index (χ1v) is 11.6. The molecule has 0 aliphatic carbocycles. The summed E-state index contributed by atoms with van der Waals surface area (Å²) < 4.78 is 5.62. The number of ether oxygens (including phenoxy) is 1. The number of rotatable bonds is 8. The molecule has 1 aromatic rings. The average molecular weight is 448 g/mol. The maximum atomic E-state index is 12.7. The molecule has 2 amide bonds. The molecule has 1 aliphatic rings. The number of piperidine rings is 1. The zero-order valence-corrected chi connectivity index (χ0v) is 20.8. The van der Waals surface area contributed by atoms with E-state index in [-0.39, 0.29) is 23.3 Å². The molecule has 180 valence electrons. The second kappa shape index (κ2) is 10.8. The fourth-order valence-corrected chi connectivity index (χ4v) is 4.10. The second-order valence-electron chi connectivity index (χ2n) is 10.4. The minimum absolute atomic E-state index is 0.0868. The molecule has 0 bridgehead atoms. The smallest absolute Gasteiger partial charge is 0.321 e. The molecule has 1 aliphatic heterocycles. The molecule has 1 unspecified atom stereocenters. The standard InChI is InChI=1S/C25H41N3O4/c1-8-15-25(5,6)21(29)18-9-11-19(12-10-18)26-22(30)27(7)20-13-16-28(17-14-20)23(31)32-24(2,3)4/h9-12,20,23,31H,8,13-17H2,1-7H3,(H,26,30). The topological polar surface area (TPSA) is 82.1 Å². The van der Waals surface area contributed by atoms with Crippen LogP contribution in [0, 0.1) is 5.41 Å². The number of hydrogen-bond donors (Lipinski definition) is 2. The van der Waals surface area contributed by atoms with Crippen molar-refractivity contribution in [2.75, 3.05) is 25.5 Å². The molecular formula is C25H41N3O4. The number of urea groups is 1. The Labute approximate surface area is 193 Å². The number of anilines is 1. The number of aliphatic hydroxyl groups is 1. The van der Waals surface area contributed by atoms with Crippen LogP contribution in [-0.4, -0.2) is 64.9 Å². The third-order valence-electron chi connectivity index (χ3n) is 6.03. The molecular weight excluding hydrogens is 406 g/mol. The van der Waals surface area contributed by atoms with Crippen LogP contribution < -0.4 is 5.32 Å². The Kier molecular flexibility index (Phi) is 8.85. The number of amides is 2. The molecule has 7 heteroatoms. The van der Waals surface area contributed by atoms with E-state index in [4.69, 9.17) is 4.74 Å². The van der Waals surface area contributed by atoms with E-state index >= 15 is 0 Å². The highest BCUT2D eigenvalue weighted by Gasteiger charge is 2.31. The van der Waals surface area contributed by atoms with Gasteiger partial charge in [0.05, 0.1) is 5.60 Å². The number of likely N-dealkylation sites (tertiary alicyclic amines) is 1. The van der Waals surface area contributed by atoms with E-state index in [2.05, 4.69) is 12.2 Å². The predicted octanol–water partition coefficient (Wildman–Crippen LogP) is 4.71. The van der Waals surface area contributed by atoms with Gasteiger partial charge in [-0.2, -0.15) is 0 Å². The Balaban J connectivity index is 1.88. The zero-order chi connectivity index (χ0) is 24.1. The molecule has 7 nitrogen and oxygen atoms in total. The highest BCUT2D eigenvalue weighted by Crippen LogP contribution is 2.28. The number of hydrogen-bond acceptors (Lipinski definition) is 5. The van der Waals surface area contributed by atoms with E-state index < -0.39 is 12.0 Å². The minimum Gasteiger partial charge on any atom is -0.356 e. The van der Waals surface area contributed by atoms with Crippen LogP contribution in [0.15, 0.2) is 24.3 Å². The van der Waals surface area contributed by atoms with E-state index in [9.17, 15) is 14.7 Å². The molecule has 1 aromatic carbocycles. The molecule has 0 saturated carbocycles. The lowest BCUT2D eigenvalue weighted by Gasteiger charge is -2.39. The Morgan fingerprint density at radius 3 is 2.22 bits per heavy atom. The summed E-state index contributed by atoms with van der Waals surface area (Å²) in [7, 11) is 1.79. The van der Waals surface area contributed by atoms with E-state index in [1.807, 2.05) is 39.5 Å². The molecule has 2 rings (SSSR count). The Hall–Kier alpha value is -1.96. The van der Waals surface area contributed by atoms with Gasteiger partial charge in [0.2, 0.25) is 6.41 Å². The van der Waals surface area contributed by atoms with Crippen molar-refractivity contribution >= 4 is 17.5 Å². The number of carbonyl (C=O) groups is 2. The van der Waals surface area contributed by atoms with Gasteiger partial charge in [0.15, 0.2) is 5.78 Å². The number of carbonyl (C=O) groups excluding carboxylic acids is 2. The quantitative estimate of drug-likeness (QED) is 0.445. The SMILES string of the molecule is CCCC(C)(C)C(=O)c1ccc(NC(=O)N(C)C2CCN(C(O)OC(C)(C)C)CC2)cc1. The van der Waals surface area contributed by atoms with Crippen molar-refractivity contribution in [1.82, 2.24) is 9.80 Å². The van der Waals surface area contributed by atoms with Crippen molar-refractivity contribution in [2.45, 2.75) is 85.3 Å². The summed E-state index contributed by atoms with van der Waals surface area (Å²) in [5, 5.41) is 13.2. The summed E-state index contributed by atoms with van der Waals surface area (Å²) in [4.78, 5) is 29.1. The van der Waals surface area contributed by atoms with Gasteiger partial charge in [-0.15, -0.1) is 0 Å². The van der Waals surface area contributed by atoms with Gasteiger partial charge in [0.25, 0.3) is 0 Å². The maximum Gasteiger partial charge on any atom is 0.321 e. The maximum absolute atomic E-state index is 12.7. The first kappa shape index (κ1) is 26.3. The fourth-order valence-electron chi connectivity index (χ4n) is 4.10. The summed E-state index contributed by atoms with van der Waals surface area (Å²) in [6, 6.07) is 7.03. The van der Waals surface area contributed by atoms with E-state index in [0.717, 1.165) is 25.7 Å². The van der Waals surface area contributed by atoms with E-state index in [1.165, 1.54) is 0 Å². The monoisotopic (exact) mass is 447 g/mol. The normalized spacial score (nSPS) is 17.1. The van der Waals surface area contributed by atoms with Crippen LogP contribution in [0.25, 0.3) is 0 Å². The number of aliphatic hydroxyl groups excluding tert-OH is 1. The number of benzene rings is 1. The van der Waals surface area contributed by atoms with Gasteiger partial charge < -0.3 is 20.1 Å². The predicted molar refractivity (Wildman–Crippen MR) is 128 cm³/mol. The van der Waals surface area contributed by atoms with Crippen molar-refractivity contribution in [3.8, 4) is 0 Å². The molecule has 1 saturated heterocycles. The van der Waals surface area contributed by atoms with Crippen LogP contribution in [0.2, 0.25) is 0 Å². The Morgan fingerprint density at radius 2 is 1.72 bits per heavy atom. The molecule has 0 aromatic heterocycles. The fraction of sp³-hybridized carbons (Fsp3) is 0.680. The van der Waals surface area contributed by atoms with Gasteiger partial charge in [-0.25, -0.2) is 4.79 Å². The molecule has 1 heterocycles. The molecule has 0 radical (unpaired) electrons. The lowest BCUT2D eigenvalue weighted by atomic mass is 9.80. The number of Topliss-reactive ketones (excluding diaryl/α,β-unsaturated/α-hetero) is 1. The van der Waals surface area contributed by atoms with Crippen LogP contribution in [-0.2, 0) is 4.74 Å². The van der Waals surface area contributed by atoms with Gasteiger partial charge in [0, 0.05) is 42.8 Å². The van der Waals surface area contributed by atoms with Gasteiger partial charge in [-0.05, 0) is 64.3 Å². The number of nitrogens with one attached hydrogen (secondary N) is 1. The lowest BCUT2D eigenvalue weighted by Crippen LogP contribution is -2.51.